The van der Waals surface area contributed by atoms with Crippen LogP contribution >= 0.6 is 11.6 Å². The molecule has 2 heterocycles. The van der Waals surface area contributed by atoms with E-state index >= 15 is 0 Å². The molecule has 3 aromatic carbocycles. The second-order valence-corrected chi connectivity index (χ2v) is 9.45. The molecule has 0 amide bonds. The summed E-state index contributed by atoms with van der Waals surface area (Å²) in [4.78, 5) is 2.65. The first kappa shape index (κ1) is 20.8. The fourth-order valence-electron chi connectivity index (χ4n) is 5.45. The van der Waals surface area contributed by atoms with Crippen LogP contribution in [0.3, 0.4) is 0 Å². The van der Waals surface area contributed by atoms with Gasteiger partial charge in [0.05, 0.1) is 13.2 Å². The van der Waals surface area contributed by atoms with Crippen molar-refractivity contribution in [1.82, 2.24) is 4.90 Å². The van der Waals surface area contributed by atoms with Crippen molar-refractivity contribution >= 4 is 11.6 Å². The molecule has 1 saturated heterocycles. The molecule has 3 aromatic rings. The van der Waals surface area contributed by atoms with Gasteiger partial charge in [-0.05, 0) is 79.2 Å². The topological polar surface area (TPSA) is 12.5 Å². The van der Waals surface area contributed by atoms with Gasteiger partial charge in [0, 0.05) is 10.4 Å². The molecular weight excluding hydrogens is 402 g/mol. The van der Waals surface area contributed by atoms with Crippen molar-refractivity contribution in [2.75, 3.05) is 26.2 Å². The summed E-state index contributed by atoms with van der Waals surface area (Å²) >= 11 is 6.07. The molecular formula is C28H30ClNO. The molecule has 0 spiro atoms. The van der Waals surface area contributed by atoms with Crippen molar-refractivity contribution in [2.24, 2.45) is 0 Å². The highest BCUT2D eigenvalue weighted by Crippen LogP contribution is 2.41. The molecule has 3 heteroatoms. The molecule has 5 rings (SSSR count). The van der Waals surface area contributed by atoms with Gasteiger partial charge >= 0.3 is 0 Å². The molecule has 0 aromatic heterocycles. The Morgan fingerprint density at radius 2 is 1.58 bits per heavy atom. The Bertz CT molecular complexity index is 995. The van der Waals surface area contributed by atoms with Crippen LogP contribution in [0.5, 0.6) is 0 Å². The number of hydrogen-bond acceptors (Lipinski definition) is 2. The maximum absolute atomic E-state index is 6.16. The van der Waals surface area contributed by atoms with E-state index in [1.807, 2.05) is 12.1 Å². The second kappa shape index (κ2) is 9.16. The molecule has 2 aliphatic rings. The lowest BCUT2D eigenvalue weighted by Gasteiger charge is -2.42. The zero-order chi connectivity index (χ0) is 21.1. The summed E-state index contributed by atoms with van der Waals surface area (Å²) in [5.74, 6) is 0.648. The number of piperidine rings is 1. The number of benzene rings is 3. The molecule has 0 radical (unpaired) electrons. The van der Waals surface area contributed by atoms with Crippen molar-refractivity contribution in [1.29, 1.82) is 0 Å². The van der Waals surface area contributed by atoms with Crippen LogP contribution in [0, 0.1) is 0 Å². The molecule has 2 nitrogen and oxygen atoms in total. The molecule has 2 aliphatic heterocycles. The van der Waals surface area contributed by atoms with E-state index in [9.17, 15) is 0 Å². The van der Waals surface area contributed by atoms with E-state index < -0.39 is 0 Å². The molecule has 0 aliphatic carbocycles. The number of halogens is 1. The number of nitrogens with zero attached hydrogens (tertiary/aromatic N) is 1. The molecule has 0 saturated carbocycles. The predicted molar refractivity (Wildman–Crippen MR) is 128 cm³/mol. The first-order valence-corrected chi connectivity index (χ1v) is 11.8. The molecule has 31 heavy (non-hydrogen) atoms. The predicted octanol–water partition coefficient (Wildman–Crippen LogP) is 6.43. The van der Waals surface area contributed by atoms with Gasteiger partial charge in [0.25, 0.3) is 0 Å². The van der Waals surface area contributed by atoms with Gasteiger partial charge < -0.3 is 9.64 Å². The summed E-state index contributed by atoms with van der Waals surface area (Å²) in [6.45, 7) is 4.88. The Kier molecular flexibility index (Phi) is 6.13. The van der Waals surface area contributed by atoms with E-state index in [4.69, 9.17) is 16.3 Å². The minimum absolute atomic E-state index is 0.0663. The van der Waals surface area contributed by atoms with E-state index in [-0.39, 0.29) is 5.41 Å². The SMILES string of the molecule is Clc1ccc(C2CCN(CCC3(c4ccccc4)COCc4ccccc43)CC2)cc1. The zero-order valence-corrected chi connectivity index (χ0v) is 18.7. The van der Waals surface area contributed by atoms with Crippen molar-refractivity contribution in [3.05, 3.63) is 106 Å². The molecule has 160 valence electrons. The highest BCUT2D eigenvalue weighted by Gasteiger charge is 2.39. The fraction of sp³-hybridized carbons (Fsp3) is 0.357. The molecule has 0 N–H and O–H groups in total. The van der Waals surface area contributed by atoms with Crippen LogP contribution in [0.4, 0.5) is 0 Å². The number of hydrogen-bond donors (Lipinski definition) is 0. The normalized spacial score (nSPS) is 22.2. The van der Waals surface area contributed by atoms with Gasteiger partial charge in [-0.3, -0.25) is 0 Å². The Morgan fingerprint density at radius 3 is 2.35 bits per heavy atom. The van der Waals surface area contributed by atoms with E-state index in [1.54, 1.807) is 0 Å². The lowest BCUT2D eigenvalue weighted by molar-refractivity contribution is 0.0561. The third-order valence-corrected chi connectivity index (χ3v) is 7.50. The van der Waals surface area contributed by atoms with Crippen LogP contribution in [0.2, 0.25) is 5.02 Å². The molecule has 1 atom stereocenters. The standard InChI is InChI=1S/C28H30ClNO/c29-26-12-10-22(11-13-26)23-14-17-30(18-15-23)19-16-28(25-7-2-1-3-8-25)21-31-20-24-6-4-5-9-27(24)28/h1-13,23H,14-21H2. The van der Waals surface area contributed by atoms with Gasteiger partial charge in [-0.15, -0.1) is 0 Å². The summed E-state index contributed by atoms with van der Waals surface area (Å²) < 4.78 is 6.16. The van der Waals surface area contributed by atoms with Gasteiger partial charge in [0.15, 0.2) is 0 Å². The van der Waals surface area contributed by atoms with E-state index in [0.29, 0.717) is 5.92 Å². The lowest BCUT2D eigenvalue weighted by Crippen LogP contribution is -2.42. The minimum atomic E-state index is -0.0663. The largest absolute Gasteiger partial charge is 0.375 e. The number of likely N-dealkylation sites (tertiary alicyclic amines) is 1. The Hall–Kier alpha value is -2.13. The smallest absolute Gasteiger partial charge is 0.0720 e. The van der Waals surface area contributed by atoms with Crippen LogP contribution in [0.1, 0.15) is 47.4 Å². The maximum atomic E-state index is 6.16. The quantitative estimate of drug-likeness (QED) is 0.461. The van der Waals surface area contributed by atoms with Crippen LogP contribution in [-0.2, 0) is 16.8 Å². The third kappa shape index (κ3) is 4.30. The summed E-state index contributed by atoms with van der Waals surface area (Å²) in [6, 6.07) is 28.3. The van der Waals surface area contributed by atoms with Crippen molar-refractivity contribution in [3.8, 4) is 0 Å². The van der Waals surface area contributed by atoms with Crippen LogP contribution in [0.25, 0.3) is 0 Å². The fourth-order valence-corrected chi connectivity index (χ4v) is 5.57. The first-order chi connectivity index (χ1) is 15.2. The van der Waals surface area contributed by atoms with Crippen LogP contribution < -0.4 is 0 Å². The van der Waals surface area contributed by atoms with Crippen LogP contribution in [-0.4, -0.2) is 31.1 Å². The summed E-state index contributed by atoms with van der Waals surface area (Å²) in [6.07, 6.45) is 3.51. The summed E-state index contributed by atoms with van der Waals surface area (Å²) in [5.41, 5.74) is 5.52. The minimum Gasteiger partial charge on any atom is -0.375 e. The summed E-state index contributed by atoms with van der Waals surface area (Å²) in [5, 5.41) is 0.822. The summed E-state index contributed by atoms with van der Waals surface area (Å²) in [7, 11) is 0. The first-order valence-electron chi connectivity index (χ1n) is 11.4. The number of ether oxygens (including phenoxy) is 1. The highest BCUT2D eigenvalue weighted by atomic mass is 35.5. The monoisotopic (exact) mass is 431 g/mol. The van der Waals surface area contributed by atoms with Gasteiger partial charge in [-0.25, -0.2) is 0 Å². The van der Waals surface area contributed by atoms with Crippen molar-refractivity contribution < 1.29 is 4.74 Å². The average molecular weight is 432 g/mol. The third-order valence-electron chi connectivity index (χ3n) is 7.25. The number of fused-ring (bicyclic) bond motifs is 1. The zero-order valence-electron chi connectivity index (χ0n) is 18.0. The molecule has 0 bridgehead atoms. The van der Waals surface area contributed by atoms with E-state index in [1.165, 1.54) is 35.1 Å². The van der Waals surface area contributed by atoms with Crippen molar-refractivity contribution in [2.45, 2.75) is 37.2 Å². The van der Waals surface area contributed by atoms with Crippen LogP contribution in [0.15, 0.2) is 78.9 Å². The molecule has 1 fully saturated rings. The Labute approximate surface area is 190 Å². The lowest BCUT2D eigenvalue weighted by atomic mass is 9.70. The van der Waals surface area contributed by atoms with E-state index in [2.05, 4.69) is 71.6 Å². The van der Waals surface area contributed by atoms with Gasteiger partial charge in [0.2, 0.25) is 0 Å². The Balaban J connectivity index is 1.31. The Morgan fingerprint density at radius 1 is 0.871 bits per heavy atom. The second-order valence-electron chi connectivity index (χ2n) is 9.02. The van der Waals surface area contributed by atoms with Crippen molar-refractivity contribution in [3.63, 3.8) is 0 Å². The van der Waals surface area contributed by atoms with E-state index in [0.717, 1.165) is 44.3 Å². The highest BCUT2D eigenvalue weighted by molar-refractivity contribution is 6.30. The average Bonchev–Trinajstić information content (AvgIpc) is 2.84. The van der Waals surface area contributed by atoms with Gasteiger partial charge in [-0.1, -0.05) is 78.3 Å². The van der Waals surface area contributed by atoms with Gasteiger partial charge in [0.1, 0.15) is 0 Å². The molecule has 1 unspecified atom stereocenters. The maximum Gasteiger partial charge on any atom is 0.0720 e. The van der Waals surface area contributed by atoms with Gasteiger partial charge in [-0.2, -0.15) is 0 Å². The number of rotatable bonds is 5.